The van der Waals surface area contributed by atoms with Crippen molar-refractivity contribution in [3.63, 3.8) is 0 Å². The molecule has 0 unspecified atom stereocenters. The number of H-pyrrole nitrogens is 1. The van der Waals surface area contributed by atoms with Gasteiger partial charge in [0.05, 0.1) is 17.1 Å². The molecular weight excluding hydrogens is 229 g/mol. The van der Waals surface area contributed by atoms with Gasteiger partial charge in [0.1, 0.15) is 11.5 Å². The molecule has 1 N–H and O–H groups in total. The third-order valence-corrected chi connectivity index (χ3v) is 2.79. The Balaban J connectivity index is 2.27. The maximum atomic E-state index is 13.2. The Labute approximate surface area is 102 Å². The molecule has 0 atom stereocenters. The van der Waals surface area contributed by atoms with Gasteiger partial charge in [-0.1, -0.05) is 12.1 Å². The number of rotatable bonds is 1. The summed E-state index contributed by atoms with van der Waals surface area (Å²) >= 11 is 0. The summed E-state index contributed by atoms with van der Waals surface area (Å²) in [7, 11) is 0. The maximum Gasteiger partial charge on any atom is 0.123 e. The van der Waals surface area contributed by atoms with Crippen LogP contribution in [0.25, 0.3) is 22.2 Å². The van der Waals surface area contributed by atoms with Crippen LogP contribution in [0.1, 0.15) is 5.56 Å². The molecule has 4 heteroatoms. The van der Waals surface area contributed by atoms with Crippen molar-refractivity contribution < 1.29 is 4.39 Å². The van der Waals surface area contributed by atoms with E-state index in [0.717, 1.165) is 10.9 Å². The van der Waals surface area contributed by atoms with Crippen molar-refractivity contribution >= 4 is 10.9 Å². The highest BCUT2D eigenvalue weighted by Gasteiger charge is 2.09. The second kappa shape index (κ2) is 3.97. The summed E-state index contributed by atoms with van der Waals surface area (Å²) in [5.74, 6) is -0.305. The molecule has 0 aliphatic rings. The first kappa shape index (κ1) is 10.5. The lowest BCUT2D eigenvalue weighted by Crippen LogP contribution is -1.81. The average molecular weight is 237 g/mol. The van der Waals surface area contributed by atoms with Crippen LogP contribution in [0, 0.1) is 17.1 Å². The number of aromatic amines is 1. The molecule has 0 saturated heterocycles. The van der Waals surface area contributed by atoms with Gasteiger partial charge in [-0.05, 0) is 30.3 Å². The van der Waals surface area contributed by atoms with E-state index in [-0.39, 0.29) is 5.82 Å². The zero-order valence-corrected chi connectivity index (χ0v) is 9.31. The average Bonchev–Trinajstić information content (AvgIpc) is 2.81. The highest BCUT2D eigenvalue weighted by Crippen LogP contribution is 2.27. The van der Waals surface area contributed by atoms with Crippen LogP contribution in [0.4, 0.5) is 4.39 Å². The first-order chi connectivity index (χ1) is 8.78. The van der Waals surface area contributed by atoms with E-state index in [4.69, 9.17) is 5.26 Å². The van der Waals surface area contributed by atoms with E-state index in [1.54, 1.807) is 30.3 Å². The van der Waals surface area contributed by atoms with Crippen LogP contribution in [0.2, 0.25) is 0 Å². The minimum Gasteiger partial charge on any atom is -0.277 e. The number of fused-ring (bicyclic) bond motifs is 1. The highest BCUT2D eigenvalue weighted by atomic mass is 19.1. The van der Waals surface area contributed by atoms with Crippen molar-refractivity contribution in [1.29, 1.82) is 5.26 Å². The van der Waals surface area contributed by atoms with Crippen LogP contribution in [-0.4, -0.2) is 10.2 Å². The van der Waals surface area contributed by atoms with Crippen LogP contribution < -0.4 is 0 Å². The molecule has 0 aliphatic carbocycles. The lowest BCUT2D eigenvalue weighted by molar-refractivity contribution is 0.628. The molecule has 3 aromatic rings. The van der Waals surface area contributed by atoms with Gasteiger partial charge in [-0.15, -0.1) is 0 Å². The van der Waals surface area contributed by atoms with E-state index < -0.39 is 0 Å². The topological polar surface area (TPSA) is 52.5 Å². The number of aromatic nitrogens is 2. The Hall–Kier alpha value is -2.67. The normalized spacial score (nSPS) is 10.4. The van der Waals surface area contributed by atoms with Crippen molar-refractivity contribution in [1.82, 2.24) is 10.2 Å². The van der Waals surface area contributed by atoms with Crippen LogP contribution >= 0.6 is 0 Å². The van der Waals surface area contributed by atoms with Gasteiger partial charge in [0.15, 0.2) is 0 Å². The summed E-state index contributed by atoms with van der Waals surface area (Å²) in [4.78, 5) is 0. The van der Waals surface area contributed by atoms with E-state index in [1.807, 2.05) is 0 Å². The first-order valence-electron chi connectivity index (χ1n) is 5.42. The van der Waals surface area contributed by atoms with Crippen molar-refractivity contribution in [2.75, 3.05) is 0 Å². The fourth-order valence-corrected chi connectivity index (χ4v) is 1.94. The molecule has 1 aromatic heterocycles. The molecule has 1 heterocycles. The van der Waals surface area contributed by atoms with Crippen LogP contribution in [0.15, 0.2) is 42.5 Å². The van der Waals surface area contributed by atoms with E-state index in [1.165, 1.54) is 12.1 Å². The van der Waals surface area contributed by atoms with Crippen molar-refractivity contribution in [3.8, 4) is 17.3 Å². The Morgan fingerprint density at radius 1 is 1.17 bits per heavy atom. The lowest BCUT2D eigenvalue weighted by atomic mass is 10.1. The Kier molecular flexibility index (Phi) is 2.31. The lowest BCUT2D eigenvalue weighted by Gasteiger charge is -1.98. The molecule has 3 nitrogen and oxygen atoms in total. The fourth-order valence-electron chi connectivity index (χ4n) is 1.94. The van der Waals surface area contributed by atoms with Crippen molar-refractivity contribution in [3.05, 3.63) is 53.8 Å². The van der Waals surface area contributed by atoms with Gasteiger partial charge in [0, 0.05) is 10.9 Å². The second-order valence-electron chi connectivity index (χ2n) is 3.95. The monoisotopic (exact) mass is 237 g/mol. The quantitative estimate of drug-likeness (QED) is 0.706. The van der Waals surface area contributed by atoms with Crippen LogP contribution in [-0.2, 0) is 0 Å². The molecule has 3 rings (SSSR count). The smallest absolute Gasteiger partial charge is 0.123 e. The molecule has 0 radical (unpaired) electrons. The fraction of sp³-hybridized carbons (Fsp3) is 0. The SMILES string of the molecule is N#Cc1ccc2[nH]nc(-c3cccc(F)c3)c2c1. The van der Waals surface area contributed by atoms with E-state index in [2.05, 4.69) is 16.3 Å². The molecule has 2 aromatic carbocycles. The minimum atomic E-state index is -0.305. The van der Waals surface area contributed by atoms with Crippen LogP contribution in [0.5, 0.6) is 0 Å². The maximum absolute atomic E-state index is 13.2. The first-order valence-corrected chi connectivity index (χ1v) is 5.42. The number of nitriles is 1. The predicted octanol–water partition coefficient (Wildman–Crippen LogP) is 3.24. The summed E-state index contributed by atoms with van der Waals surface area (Å²) in [6.07, 6.45) is 0. The summed E-state index contributed by atoms with van der Waals surface area (Å²) in [5, 5.41) is 16.8. The van der Waals surface area contributed by atoms with E-state index in [0.29, 0.717) is 16.8 Å². The largest absolute Gasteiger partial charge is 0.277 e. The van der Waals surface area contributed by atoms with Crippen molar-refractivity contribution in [2.45, 2.75) is 0 Å². The molecule has 0 saturated carbocycles. The Morgan fingerprint density at radius 3 is 2.83 bits per heavy atom. The van der Waals surface area contributed by atoms with E-state index >= 15 is 0 Å². The molecule has 86 valence electrons. The van der Waals surface area contributed by atoms with Gasteiger partial charge < -0.3 is 0 Å². The highest BCUT2D eigenvalue weighted by molar-refractivity contribution is 5.93. The molecule has 0 bridgehead atoms. The Morgan fingerprint density at radius 2 is 2.06 bits per heavy atom. The van der Waals surface area contributed by atoms with Gasteiger partial charge in [0.25, 0.3) is 0 Å². The van der Waals surface area contributed by atoms with Crippen LogP contribution in [0.3, 0.4) is 0 Å². The minimum absolute atomic E-state index is 0.305. The third-order valence-electron chi connectivity index (χ3n) is 2.79. The number of benzene rings is 2. The molecule has 0 fully saturated rings. The van der Waals surface area contributed by atoms with Crippen molar-refractivity contribution in [2.24, 2.45) is 0 Å². The van der Waals surface area contributed by atoms with E-state index in [9.17, 15) is 4.39 Å². The predicted molar refractivity (Wildman–Crippen MR) is 66.2 cm³/mol. The van der Waals surface area contributed by atoms with Gasteiger partial charge in [-0.3, -0.25) is 5.10 Å². The molecule has 0 aliphatic heterocycles. The number of nitrogens with zero attached hydrogens (tertiary/aromatic N) is 2. The number of hydrogen-bond acceptors (Lipinski definition) is 2. The summed E-state index contributed by atoms with van der Waals surface area (Å²) in [5.41, 5.74) is 2.73. The Bertz CT molecular complexity index is 768. The number of nitrogens with one attached hydrogen (secondary N) is 1. The van der Waals surface area contributed by atoms with Gasteiger partial charge in [-0.2, -0.15) is 10.4 Å². The summed E-state index contributed by atoms with van der Waals surface area (Å²) < 4.78 is 13.2. The third kappa shape index (κ3) is 1.62. The standard InChI is InChI=1S/C14H8FN3/c15-11-3-1-2-10(7-11)14-12-6-9(8-16)4-5-13(12)17-18-14/h1-7H,(H,17,18). The van der Waals surface area contributed by atoms with Gasteiger partial charge in [0.2, 0.25) is 0 Å². The zero-order valence-electron chi connectivity index (χ0n) is 9.31. The second-order valence-corrected chi connectivity index (χ2v) is 3.95. The van der Waals surface area contributed by atoms with Gasteiger partial charge >= 0.3 is 0 Å². The van der Waals surface area contributed by atoms with Gasteiger partial charge in [-0.25, -0.2) is 4.39 Å². The zero-order chi connectivity index (χ0) is 12.5. The number of hydrogen-bond donors (Lipinski definition) is 1. The summed E-state index contributed by atoms with van der Waals surface area (Å²) in [6, 6.07) is 13.6. The number of halogens is 1. The summed E-state index contributed by atoms with van der Waals surface area (Å²) in [6.45, 7) is 0. The molecule has 18 heavy (non-hydrogen) atoms. The molecular formula is C14H8FN3. The molecule has 0 amide bonds. The molecule has 0 spiro atoms.